The van der Waals surface area contributed by atoms with Crippen molar-refractivity contribution in [1.29, 1.82) is 0 Å². The van der Waals surface area contributed by atoms with E-state index in [0.29, 0.717) is 0 Å². The molecule has 1 saturated carbocycles. The first kappa shape index (κ1) is 18.0. The molecule has 0 amide bonds. The van der Waals surface area contributed by atoms with Gasteiger partial charge in [-0.05, 0) is 26.7 Å². The average Bonchev–Trinajstić information content (AvgIpc) is 2.89. The lowest BCUT2D eigenvalue weighted by Gasteiger charge is -2.28. The van der Waals surface area contributed by atoms with Gasteiger partial charge in [-0.15, -0.1) is 0 Å². The second-order valence-electron chi connectivity index (χ2n) is 6.52. The minimum atomic E-state index is -5.58. The number of hydrogen-bond acceptors (Lipinski definition) is 5. The molecule has 2 aliphatic rings. The van der Waals surface area contributed by atoms with Gasteiger partial charge in [0, 0.05) is 18.8 Å². The zero-order valence-corrected chi connectivity index (χ0v) is 13.6. The standard InChI is InChI=1S/C13H21F3O5S/c1-9(8-19-22(17,18)13(14,15)16)10-11(2,3)21-12(20-10)6-4-5-7-12/h9-10H,4-8H2,1-3H3/t9-,10-/m1/s1. The van der Waals surface area contributed by atoms with Gasteiger partial charge >= 0.3 is 15.6 Å². The molecule has 1 aliphatic heterocycles. The highest BCUT2D eigenvalue weighted by Gasteiger charge is 2.55. The highest BCUT2D eigenvalue weighted by Crippen LogP contribution is 2.48. The summed E-state index contributed by atoms with van der Waals surface area (Å²) in [4.78, 5) is 0. The molecular formula is C13H21F3O5S. The summed E-state index contributed by atoms with van der Waals surface area (Å²) in [5, 5.41) is 0. The van der Waals surface area contributed by atoms with Crippen LogP contribution >= 0.6 is 0 Å². The fourth-order valence-electron chi connectivity index (χ4n) is 3.22. The Morgan fingerprint density at radius 3 is 2.32 bits per heavy atom. The average molecular weight is 346 g/mol. The molecule has 0 bridgehead atoms. The van der Waals surface area contributed by atoms with Crippen molar-refractivity contribution in [3.05, 3.63) is 0 Å². The summed E-state index contributed by atoms with van der Waals surface area (Å²) >= 11 is 0. The zero-order valence-electron chi connectivity index (χ0n) is 12.8. The Kier molecular flexibility index (Phi) is 4.58. The number of rotatable bonds is 4. The van der Waals surface area contributed by atoms with Crippen LogP contribution in [-0.2, 0) is 23.8 Å². The van der Waals surface area contributed by atoms with Crippen LogP contribution in [0.2, 0.25) is 0 Å². The van der Waals surface area contributed by atoms with E-state index in [1.807, 2.05) is 0 Å². The van der Waals surface area contributed by atoms with Crippen molar-refractivity contribution in [3.63, 3.8) is 0 Å². The number of halogens is 3. The van der Waals surface area contributed by atoms with Crippen LogP contribution in [0.3, 0.4) is 0 Å². The molecule has 2 atom stereocenters. The van der Waals surface area contributed by atoms with Gasteiger partial charge < -0.3 is 9.47 Å². The van der Waals surface area contributed by atoms with E-state index in [1.54, 1.807) is 20.8 Å². The monoisotopic (exact) mass is 346 g/mol. The first-order chi connectivity index (χ1) is 9.89. The van der Waals surface area contributed by atoms with Gasteiger partial charge in [-0.25, -0.2) is 0 Å². The predicted molar refractivity (Wildman–Crippen MR) is 71.3 cm³/mol. The summed E-state index contributed by atoms with van der Waals surface area (Å²) in [6.07, 6.45) is 2.88. The SMILES string of the molecule is C[C@H](COS(=O)(=O)C(F)(F)F)[C@H]1OC2(CCCC2)OC1(C)C. The summed E-state index contributed by atoms with van der Waals surface area (Å²) in [6, 6.07) is 0. The van der Waals surface area contributed by atoms with Gasteiger partial charge in [0.05, 0.1) is 18.3 Å². The van der Waals surface area contributed by atoms with E-state index >= 15 is 0 Å². The number of ether oxygens (including phenoxy) is 2. The van der Waals surface area contributed by atoms with Gasteiger partial charge in [0.1, 0.15) is 0 Å². The molecule has 2 fully saturated rings. The molecule has 1 saturated heterocycles. The highest BCUT2D eigenvalue weighted by atomic mass is 32.2. The third kappa shape index (κ3) is 3.42. The molecule has 1 heterocycles. The third-order valence-corrected chi connectivity index (χ3v) is 5.14. The molecule has 9 heteroatoms. The predicted octanol–water partition coefficient (Wildman–Crippen LogP) is 2.95. The molecule has 22 heavy (non-hydrogen) atoms. The molecule has 0 aromatic heterocycles. The maximum Gasteiger partial charge on any atom is 0.523 e. The van der Waals surface area contributed by atoms with Gasteiger partial charge in [0.15, 0.2) is 5.79 Å². The zero-order chi connectivity index (χ0) is 16.8. The first-order valence-corrected chi connectivity index (χ1v) is 8.63. The van der Waals surface area contributed by atoms with Crippen LogP contribution in [0.1, 0.15) is 46.5 Å². The van der Waals surface area contributed by atoms with Crippen molar-refractivity contribution in [1.82, 2.24) is 0 Å². The van der Waals surface area contributed by atoms with E-state index in [0.717, 1.165) is 25.7 Å². The molecule has 130 valence electrons. The molecule has 2 rings (SSSR count). The van der Waals surface area contributed by atoms with Crippen LogP contribution in [0.25, 0.3) is 0 Å². The highest BCUT2D eigenvalue weighted by molar-refractivity contribution is 7.87. The van der Waals surface area contributed by atoms with Crippen LogP contribution in [0.15, 0.2) is 0 Å². The van der Waals surface area contributed by atoms with Crippen molar-refractivity contribution in [2.24, 2.45) is 5.92 Å². The Morgan fingerprint density at radius 2 is 1.82 bits per heavy atom. The van der Waals surface area contributed by atoms with Gasteiger partial charge in [-0.1, -0.05) is 6.92 Å². The molecule has 1 spiro atoms. The summed E-state index contributed by atoms with van der Waals surface area (Å²) < 4.78 is 74.8. The summed E-state index contributed by atoms with van der Waals surface area (Å²) in [6.45, 7) is 4.57. The number of hydrogen-bond donors (Lipinski definition) is 0. The van der Waals surface area contributed by atoms with Crippen molar-refractivity contribution in [2.75, 3.05) is 6.61 Å². The Bertz CT molecular complexity index is 508. The molecule has 1 aliphatic carbocycles. The Morgan fingerprint density at radius 1 is 1.27 bits per heavy atom. The summed E-state index contributed by atoms with van der Waals surface area (Å²) in [7, 11) is -5.58. The molecule has 0 unspecified atom stereocenters. The number of alkyl halides is 3. The first-order valence-electron chi connectivity index (χ1n) is 7.22. The fourth-order valence-corrected chi connectivity index (χ4v) is 3.75. The quantitative estimate of drug-likeness (QED) is 0.578. The van der Waals surface area contributed by atoms with E-state index in [-0.39, 0.29) is 0 Å². The molecule has 0 aromatic rings. The fraction of sp³-hybridized carbons (Fsp3) is 1.00. The molecule has 5 nitrogen and oxygen atoms in total. The van der Waals surface area contributed by atoms with Gasteiger partial charge in [0.25, 0.3) is 0 Å². The Hall–Kier alpha value is -0.380. The Labute approximate surface area is 128 Å². The second kappa shape index (κ2) is 5.61. The molecule has 0 aromatic carbocycles. The van der Waals surface area contributed by atoms with E-state index < -0.39 is 45.6 Å². The second-order valence-corrected chi connectivity index (χ2v) is 8.13. The maximum absolute atomic E-state index is 12.3. The lowest BCUT2D eigenvalue weighted by molar-refractivity contribution is -0.181. The van der Waals surface area contributed by atoms with Crippen LogP contribution in [0.5, 0.6) is 0 Å². The summed E-state index contributed by atoms with van der Waals surface area (Å²) in [5.74, 6) is -1.25. The van der Waals surface area contributed by atoms with Crippen LogP contribution in [0, 0.1) is 5.92 Å². The topological polar surface area (TPSA) is 61.8 Å². The van der Waals surface area contributed by atoms with Crippen LogP contribution in [-0.4, -0.2) is 38.0 Å². The third-order valence-electron chi connectivity index (χ3n) is 4.13. The lowest BCUT2D eigenvalue weighted by atomic mass is 9.92. The van der Waals surface area contributed by atoms with Crippen molar-refractivity contribution < 1.29 is 35.2 Å². The van der Waals surface area contributed by atoms with E-state index in [9.17, 15) is 21.6 Å². The smallest absolute Gasteiger partial charge is 0.343 e. The molecular weight excluding hydrogens is 325 g/mol. The molecule has 0 radical (unpaired) electrons. The Balaban J connectivity index is 2.02. The normalized spacial score (nSPS) is 29.1. The minimum absolute atomic E-state index is 0.533. The summed E-state index contributed by atoms with van der Waals surface area (Å²) in [5.41, 5.74) is -6.13. The van der Waals surface area contributed by atoms with E-state index in [1.165, 1.54) is 0 Å². The molecule has 0 N–H and O–H groups in total. The van der Waals surface area contributed by atoms with Crippen LogP contribution in [0.4, 0.5) is 13.2 Å². The maximum atomic E-state index is 12.3. The van der Waals surface area contributed by atoms with E-state index in [2.05, 4.69) is 4.18 Å². The van der Waals surface area contributed by atoms with Crippen molar-refractivity contribution in [3.8, 4) is 0 Å². The van der Waals surface area contributed by atoms with Gasteiger partial charge in [-0.2, -0.15) is 21.6 Å². The van der Waals surface area contributed by atoms with Crippen LogP contribution < -0.4 is 0 Å². The van der Waals surface area contributed by atoms with E-state index in [4.69, 9.17) is 9.47 Å². The van der Waals surface area contributed by atoms with Crippen molar-refractivity contribution >= 4 is 10.1 Å². The van der Waals surface area contributed by atoms with Crippen molar-refractivity contribution in [2.45, 2.75) is 69.5 Å². The van der Waals surface area contributed by atoms with Gasteiger partial charge in [0.2, 0.25) is 0 Å². The largest absolute Gasteiger partial charge is 0.523 e. The van der Waals surface area contributed by atoms with Gasteiger partial charge in [-0.3, -0.25) is 4.18 Å². The minimum Gasteiger partial charge on any atom is -0.343 e. The lowest BCUT2D eigenvalue weighted by Crippen LogP contribution is -2.40.